The minimum Gasteiger partial charge on any atom is -0.438 e. The van der Waals surface area contributed by atoms with E-state index in [4.69, 9.17) is 22.7 Å². The number of ether oxygens (including phenoxy) is 1. The van der Waals surface area contributed by atoms with Crippen molar-refractivity contribution in [2.45, 2.75) is 6.92 Å². The molecule has 2 N–H and O–H groups in total. The van der Waals surface area contributed by atoms with Crippen LogP contribution < -0.4 is 10.5 Å². The highest BCUT2D eigenvalue weighted by atomic mass is 32.1. The van der Waals surface area contributed by atoms with Gasteiger partial charge in [-0.2, -0.15) is 0 Å². The molecule has 0 aliphatic heterocycles. The lowest BCUT2D eigenvalue weighted by Gasteiger charge is -2.11. The van der Waals surface area contributed by atoms with E-state index in [-0.39, 0.29) is 4.99 Å². The predicted octanol–water partition coefficient (Wildman–Crippen LogP) is 3.97. The number of thiocarbonyl (C=S) groups is 1. The second-order valence-electron chi connectivity index (χ2n) is 4.81. The monoisotopic (exact) mass is 294 g/mol. The van der Waals surface area contributed by atoms with E-state index >= 15 is 0 Å². The van der Waals surface area contributed by atoms with E-state index in [1.165, 1.54) is 5.56 Å². The summed E-state index contributed by atoms with van der Waals surface area (Å²) in [6.07, 6.45) is 0. The first-order valence-electron chi connectivity index (χ1n) is 6.57. The molecule has 0 saturated carbocycles. The van der Waals surface area contributed by atoms with Crippen molar-refractivity contribution >= 4 is 28.1 Å². The van der Waals surface area contributed by atoms with Crippen LogP contribution in [0.25, 0.3) is 10.9 Å². The van der Waals surface area contributed by atoms with Crippen molar-refractivity contribution in [1.82, 2.24) is 4.98 Å². The molecule has 2 aromatic carbocycles. The molecule has 0 bridgehead atoms. The van der Waals surface area contributed by atoms with E-state index in [2.05, 4.69) is 4.98 Å². The standard InChI is InChI=1S/C17H14N2OS/c1-11-6-8-13(9-7-11)20-17-14(16(18)21)10-12-4-2-3-5-15(12)19-17/h2-10H,1H3,(H2,18,21). The number of aryl methyl sites for hydroxylation is 1. The molecule has 0 aliphatic rings. The summed E-state index contributed by atoms with van der Waals surface area (Å²) in [5.41, 5.74) is 8.45. The molecular weight excluding hydrogens is 280 g/mol. The summed E-state index contributed by atoms with van der Waals surface area (Å²) in [5.74, 6) is 1.14. The Kier molecular flexibility index (Phi) is 3.54. The molecule has 1 heterocycles. The molecule has 0 saturated heterocycles. The first-order valence-corrected chi connectivity index (χ1v) is 6.98. The van der Waals surface area contributed by atoms with Gasteiger partial charge in [-0.1, -0.05) is 48.1 Å². The normalized spacial score (nSPS) is 10.5. The van der Waals surface area contributed by atoms with Gasteiger partial charge in [0, 0.05) is 5.39 Å². The highest BCUT2D eigenvalue weighted by Crippen LogP contribution is 2.27. The van der Waals surface area contributed by atoms with E-state index in [0.29, 0.717) is 17.2 Å². The van der Waals surface area contributed by atoms with Crippen LogP contribution in [-0.4, -0.2) is 9.97 Å². The van der Waals surface area contributed by atoms with Gasteiger partial charge in [-0.3, -0.25) is 0 Å². The van der Waals surface area contributed by atoms with Gasteiger partial charge in [-0.25, -0.2) is 4.98 Å². The number of aromatic nitrogens is 1. The second-order valence-corrected chi connectivity index (χ2v) is 5.25. The number of fused-ring (bicyclic) bond motifs is 1. The number of nitrogens with zero attached hydrogens (tertiary/aromatic N) is 1. The molecule has 3 rings (SSSR count). The molecule has 4 heteroatoms. The van der Waals surface area contributed by atoms with Gasteiger partial charge in [0.2, 0.25) is 5.88 Å². The van der Waals surface area contributed by atoms with Gasteiger partial charge in [-0.15, -0.1) is 0 Å². The molecule has 104 valence electrons. The number of para-hydroxylation sites is 1. The summed E-state index contributed by atoms with van der Waals surface area (Å²) in [4.78, 5) is 4.80. The molecular formula is C17H14N2OS. The fourth-order valence-electron chi connectivity index (χ4n) is 2.07. The van der Waals surface area contributed by atoms with Gasteiger partial charge < -0.3 is 10.5 Å². The zero-order valence-corrected chi connectivity index (χ0v) is 12.4. The van der Waals surface area contributed by atoms with E-state index in [9.17, 15) is 0 Å². The number of hydrogen-bond acceptors (Lipinski definition) is 3. The first-order chi connectivity index (χ1) is 10.1. The molecule has 0 amide bonds. The highest BCUT2D eigenvalue weighted by molar-refractivity contribution is 7.80. The third kappa shape index (κ3) is 2.85. The largest absolute Gasteiger partial charge is 0.438 e. The van der Waals surface area contributed by atoms with Gasteiger partial charge in [-0.05, 0) is 31.2 Å². The Labute approximate surface area is 128 Å². The quantitative estimate of drug-likeness (QED) is 0.743. The number of benzene rings is 2. The topological polar surface area (TPSA) is 48.1 Å². The molecule has 3 aromatic rings. The van der Waals surface area contributed by atoms with E-state index in [0.717, 1.165) is 10.9 Å². The van der Waals surface area contributed by atoms with Crippen LogP contribution in [0, 0.1) is 6.92 Å². The van der Waals surface area contributed by atoms with E-state index in [1.807, 2.05) is 61.5 Å². The van der Waals surface area contributed by atoms with Gasteiger partial charge in [0.15, 0.2) is 0 Å². The Hall–Kier alpha value is -2.46. The number of pyridine rings is 1. The zero-order valence-electron chi connectivity index (χ0n) is 11.5. The Morgan fingerprint density at radius 2 is 1.81 bits per heavy atom. The third-order valence-electron chi connectivity index (χ3n) is 3.19. The number of rotatable bonds is 3. The molecule has 1 aromatic heterocycles. The lowest BCUT2D eigenvalue weighted by molar-refractivity contribution is 0.464. The summed E-state index contributed by atoms with van der Waals surface area (Å²) >= 11 is 5.11. The lowest BCUT2D eigenvalue weighted by Crippen LogP contribution is -2.11. The summed E-state index contributed by atoms with van der Waals surface area (Å²) in [6.45, 7) is 2.03. The van der Waals surface area contributed by atoms with Gasteiger partial charge >= 0.3 is 0 Å². The number of nitrogens with two attached hydrogens (primary N) is 1. The summed E-state index contributed by atoms with van der Waals surface area (Å²) in [5, 5.41) is 0.983. The first kappa shape index (κ1) is 13.5. The van der Waals surface area contributed by atoms with Crippen molar-refractivity contribution in [2.75, 3.05) is 0 Å². The van der Waals surface area contributed by atoms with Crippen LogP contribution >= 0.6 is 12.2 Å². The summed E-state index contributed by atoms with van der Waals surface area (Å²) in [6, 6.07) is 17.5. The smallest absolute Gasteiger partial charge is 0.230 e. The van der Waals surface area contributed by atoms with Crippen molar-refractivity contribution in [1.29, 1.82) is 0 Å². The predicted molar refractivity (Wildman–Crippen MR) is 88.9 cm³/mol. The van der Waals surface area contributed by atoms with Crippen LogP contribution in [0.1, 0.15) is 11.1 Å². The summed E-state index contributed by atoms with van der Waals surface area (Å²) < 4.78 is 5.86. The molecule has 0 unspecified atom stereocenters. The van der Waals surface area contributed by atoms with Crippen molar-refractivity contribution in [3.05, 3.63) is 65.7 Å². The molecule has 0 radical (unpaired) electrons. The van der Waals surface area contributed by atoms with Gasteiger partial charge in [0.1, 0.15) is 10.7 Å². The minimum absolute atomic E-state index is 0.273. The third-order valence-corrected chi connectivity index (χ3v) is 3.41. The average molecular weight is 294 g/mol. The second kappa shape index (κ2) is 5.50. The molecule has 0 atom stereocenters. The molecule has 0 fully saturated rings. The molecule has 0 spiro atoms. The Bertz CT molecular complexity index is 813. The average Bonchev–Trinajstić information content (AvgIpc) is 2.48. The highest BCUT2D eigenvalue weighted by Gasteiger charge is 2.11. The fraction of sp³-hybridized carbons (Fsp3) is 0.0588. The fourth-order valence-corrected chi connectivity index (χ4v) is 2.22. The van der Waals surface area contributed by atoms with Crippen molar-refractivity contribution < 1.29 is 4.74 Å². The molecule has 0 aliphatic carbocycles. The van der Waals surface area contributed by atoms with Crippen LogP contribution in [0.2, 0.25) is 0 Å². The van der Waals surface area contributed by atoms with E-state index in [1.54, 1.807) is 0 Å². The van der Waals surface area contributed by atoms with E-state index < -0.39 is 0 Å². The van der Waals surface area contributed by atoms with Gasteiger partial charge in [0.25, 0.3) is 0 Å². The maximum atomic E-state index is 5.86. The van der Waals surface area contributed by atoms with Crippen molar-refractivity contribution in [3.63, 3.8) is 0 Å². The lowest BCUT2D eigenvalue weighted by atomic mass is 10.1. The van der Waals surface area contributed by atoms with Crippen LogP contribution in [0.15, 0.2) is 54.6 Å². The number of hydrogen-bond donors (Lipinski definition) is 1. The van der Waals surface area contributed by atoms with Crippen LogP contribution in [-0.2, 0) is 0 Å². The maximum Gasteiger partial charge on any atom is 0.230 e. The van der Waals surface area contributed by atoms with Crippen molar-refractivity contribution in [3.8, 4) is 11.6 Å². The Morgan fingerprint density at radius 3 is 2.52 bits per heavy atom. The van der Waals surface area contributed by atoms with Crippen LogP contribution in [0.3, 0.4) is 0 Å². The summed E-state index contributed by atoms with van der Waals surface area (Å²) in [7, 11) is 0. The van der Waals surface area contributed by atoms with Crippen LogP contribution in [0.4, 0.5) is 0 Å². The van der Waals surface area contributed by atoms with Gasteiger partial charge in [0.05, 0.1) is 11.1 Å². The Morgan fingerprint density at radius 1 is 1.10 bits per heavy atom. The minimum atomic E-state index is 0.273. The van der Waals surface area contributed by atoms with Crippen molar-refractivity contribution in [2.24, 2.45) is 5.73 Å². The Balaban J connectivity index is 2.09. The maximum absolute atomic E-state index is 5.86. The molecule has 21 heavy (non-hydrogen) atoms. The zero-order chi connectivity index (χ0) is 14.8. The molecule has 3 nitrogen and oxygen atoms in total. The SMILES string of the molecule is Cc1ccc(Oc2nc3ccccc3cc2C(N)=S)cc1. The van der Waals surface area contributed by atoms with Crippen LogP contribution in [0.5, 0.6) is 11.6 Å².